The molecule has 1 aromatic heterocycles. The number of benzene rings is 2. The number of anilines is 1. The van der Waals surface area contributed by atoms with E-state index in [2.05, 4.69) is 10.4 Å². The average Bonchev–Trinajstić information content (AvgIpc) is 3.07. The van der Waals surface area contributed by atoms with Crippen LogP contribution in [0.3, 0.4) is 0 Å². The second-order valence-electron chi connectivity index (χ2n) is 6.66. The summed E-state index contributed by atoms with van der Waals surface area (Å²) in [4.78, 5) is 12.3. The summed E-state index contributed by atoms with van der Waals surface area (Å²) in [5.74, 6) is -0.586. The molecule has 0 aliphatic rings. The Balaban J connectivity index is 1.71. The van der Waals surface area contributed by atoms with Gasteiger partial charge in [0, 0.05) is 35.5 Å². The van der Waals surface area contributed by atoms with E-state index < -0.39 is 11.2 Å². The molecule has 0 aliphatic heterocycles. The number of carbonyl (C=O) groups excluding carboxylic acids is 1. The third-order valence-corrected chi connectivity index (χ3v) is 5.91. The summed E-state index contributed by atoms with van der Waals surface area (Å²) in [7, 11) is 1.79. The quantitative estimate of drug-likeness (QED) is 0.485. The van der Waals surface area contributed by atoms with Crippen molar-refractivity contribution >= 4 is 28.8 Å². The normalized spacial score (nSPS) is 13.4. The summed E-state index contributed by atoms with van der Waals surface area (Å²) in [5, 5.41) is 6.98. The van der Waals surface area contributed by atoms with Crippen LogP contribution in [0.15, 0.2) is 60.8 Å². The number of nitrogens with zero attached hydrogens (tertiary/aromatic N) is 2. The Hall–Kier alpha value is -2.90. The second kappa shape index (κ2) is 9.07. The van der Waals surface area contributed by atoms with Crippen LogP contribution in [0.25, 0.3) is 17.3 Å². The van der Waals surface area contributed by atoms with Crippen LogP contribution < -0.4 is 5.32 Å². The Morgan fingerprint density at radius 3 is 2.48 bits per heavy atom. The van der Waals surface area contributed by atoms with Gasteiger partial charge in [0.2, 0.25) is 5.91 Å². The SMILES string of the molecule is CC(c1ccc(NC(=O)C=Cc2cnn(C)c2-c2ccc(F)cc2)cc1)[S+](C)[O-]. The standard InChI is InChI=1S/C22H22FN3O2S/c1-15(29(3)28)16-6-11-20(12-7-16)25-21(27)13-8-18-14-24-26(2)22(18)17-4-9-19(23)10-5-17/h4-15H,1-3H3,(H,25,27). The van der Waals surface area contributed by atoms with E-state index in [0.29, 0.717) is 5.69 Å². The monoisotopic (exact) mass is 411 g/mol. The maximum absolute atomic E-state index is 13.2. The van der Waals surface area contributed by atoms with Crippen LogP contribution in [0.5, 0.6) is 0 Å². The summed E-state index contributed by atoms with van der Waals surface area (Å²) < 4.78 is 26.5. The van der Waals surface area contributed by atoms with Gasteiger partial charge in [-0.3, -0.25) is 9.48 Å². The zero-order chi connectivity index (χ0) is 21.0. The molecule has 2 unspecified atom stereocenters. The number of halogens is 1. The first-order valence-electron chi connectivity index (χ1n) is 9.04. The van der Waals surface area contributed by atoms with E-state index in [1.165, 1.54) is 18.2 Å². The number of carbonyl (C=O) groups is 1. The summed E-state index contributed by atoms with van der Waals surface area (Å²) in [6.45, 7) is 1.90. The first-order chi connectivity index (χ1) is 13.8. The molecule has 2 atom stereocenters. The van der Waals surface area contributed by atoms with Crippen LogP contribution in [0.1, 0.15) is 23.3 Å². The molecule has 150 valence electrons. The van der Waals surface area contributed by atoms with E-state index in [-0.39, 0.29) is 17.0 Å². The first kappa shape index (κ1) is 20.8. The van der Waals surface area contributed by atoms with Crippen molar-refractivity contribution in [2.24, 2.45) is 7.05 Å². The lowest BCUT2D eigenvalue weighted by molar-refractivity contribution is -0.111. The molecule has 1 N–H and O–H groups in total. The Morgan fingerprint density at radius 2 is 1.86 bits per heavy atom. The van der Waals surface area contributed by atoms with Gasteiger partial charge in [0.15, 0.2) is 0 Å². The Bertz CT molecular complexity index is 1010. The number of hydrogen-bond donors (Lipinski definition) is 1. The Morgan fingerprint density at radius 1 is 1.21 bits per heavy atom. The van der Waals surface area contributed by atoms with Crippen LogP contribution in [-0.2, 0) is 23.0 Å². The molecule has 0 saturated heterocycles. The highest BCUT2D eigenvalue weighted by molar-refractivity contribution is 7.90. The zero-order valence-corrected chi connectivity index (χ0v) is 17.2. The molecular formula is C22H22FN3O2S. The molecule has 0 fully saturated rings. The lowest BCUT2D eigenvalue weighted by Crippen LogP contribution is -2.09. The number of rotatable bonds is 6. The molecule has 1 amide bonds. The summed E-state index contributed by atoms with van der Waals surface area (Å²) in [5.41, 5.74) is 3.97. The molecule has 29 heavy (non-hydrogen) atoms. The minimum absolute atomic E-state index is 0.0601. The second-order valence-corrected chi connectivity index (χ2v) is 8.37. The molecule has 0 saturated carbocycles. The summed E-state index contributed by atoms with van der Waals surface area (Å²) in [6.07, 6.45) is 6.44. The van der Waals surface area contributed by atoms with E-state index >= 15 is 0 Å². The molecule has 5 nitrogen and oxygen atoms in total. The van der Waals surface area contributed by atoms with Crippen molar-refractivity contribution in [1.82, 2.24) is 9.78 Å². The van der Waals surface area contributed by atoms with Crippen molar-refractivity contribution < 1.29 is 13.7 Å². The highest BCUT2D eigenvalue weighted by atomic mass is 32.2. The minimum atomic E-state index is -0.948. The molecule has 7 heteroatoms. The van der Waals surface area contributed by atoms with E-state index in [1.807, 2.05) is 19.1 Å². The van der Waals surface area contributed by atoms with Gasteiger partial charge >= 0.3 is 0 Å². The van der Waals surface area contributed by atoms with E-state index in [0.717, 1.165) is 22.4 Å². The molecule has 0 bridgehead atoms. The molecule has 3 rings (SSSR count). The lowest BCUT2D eigenvalue weighted by atomic mass is 10.1. The van der Waals surface area contributed by atoms with Crippen LogP contribution in [0.4, 0.5) is 10.1 Å². The average molecular weight is 412 g/mol. The number of nitrogens with one attached hydrogen (secondary N) is 1. The van der Waals surface area contributed by atoms with E-state index in [1.54, 1.807) is 54.5 Å². The minimum Gasteiger partial charge on any atom is -0.616 e. The van der Waals surface area contributed by atoms with Gasteiger partial charge in [0.25, 0.3) is 0 Å². The number of hydrogen-bond acceptors (Lipinski definition) is 3. The highest BCUT2D eigenvalue weighted by Gasteiger charge is 2.14. The fourth-order valence-electron chi connectivity index (χ4n) is 2.92. The summed E-state index contributed by atoms with van der Waals surface area (Å²) >= 11 is -0.948. The van der Waals surface area contributed by atoms with Gasteiger partial charge in [-0.2, -0.15) is 5.10 Å². The van der Waals surface area contributed by atoms with Gasteiger partial charge < -0.3 is 9.87 Å². The lowest BCUT2D eigenvalue weighted by Gasteiger charge is -2.14. The van der Waals surface area contributed by atoms with Crippen LogP contribution in [0, 0.1) is 5.82 Å². The molecule has 2 aromatic carbocycles. The van der Waals surface area contributed by atoms with E-state index in [4.69, 9.17) is 0 Å². The molecular weight excluding hydrogens is 389 g/mol. The maximum atomic E-state index is 13.2. The predicted octanol–water partition coefficient (Wildman–Crippen LogP) is 4.32. The highest BCUT2D eigenvalue weighted by Crippen LogP contribution is 2.25. The van der Waals surface area contributed by atoms with E-state index in [9.17, 15) is 13.7 Å². The largest absolute Gasteiger partial charge is 0.616 e. The third kappa shape index (κ3) is 5.13. The maximum Gasteiger partial charge on any atom is 0.248 e. The fraction of sp³-hybridized carbons (Fsp3) is 0.182. The molecule has 0 spiro atoms. The van der Waals surface area contributed by atoms with Gasteiger partial charge in [-0.25, -0.2) is 4.39 Å². The topological polar surface area (TPSA) is 70.0 Å². The zero-order valence-electron chi connectivity index (χ0n) is 16.4. The predicted molar refractivity (Wildman–Crippen MR) is 115 cm³/mol. The number of aromatic nitrogens is 2. The molecule has 1 heterocycles. The van der Waals surface area contributed by atoms with Crippen molar-refractivity contribution in [3.8, 4) is 11.3 Å². The Kier molecular flexibility index (Phi) is 6.51. The van der Waals surface area contributed by atoms with Crippen LogP contribution >= 0.6 is 0 Å². The van der Waals surface area contributed by atoms with Crippen molar-refractivity contribution in [1.29, 1.82) is 0 Å². The molecule has 3 aromatic rings. The van der Waals surface area contributed by atoms with Crippen LogP contribution in [0.2, 0.25) is 0 Å². The van der Waals surface area contributed by atoms with Gasteiger partial charge in [0.1, 0.15) is 11.1 Å². The smallest absolute Gasteiger partial charge is 0.248 e. The van der Waals surface area contributed by atoms with Crippen molar-refractivity contribution in [2.45, 2.75) is 12.2 Å². The van der Waals surface area contributed by atoms with Crippen molar-refractivity contribution in [3.05, 3.63) is 77.7 Å². The number of amides is 1. The van der Waals surface area contributed by atoms with Gasteiger partial charge in [-0.05, 0) is 60.6 Å². The van der Waals surface area contributed by atoms with Gasteiger partial charge in [-0.1, -0.05) is 12.1 Å². The molecule has 0 aliphatic carbocycles. The fourth-order valence-corrected chi connectivity index (χ4v) is 3.46. The van der Waals surface area contributed by atoms with Crippen molar-refractivity contribution in [3.63, 3.8) is 0 Å². The summed E-state index contributed by atoms with van der Waals surface area (Å²) in [6, 6.07) is 13.4. The van der Waals surface area contributed by atoms with Crippen LogP contribution in [-0.4, -0.2) is 26.5 Å². The van der Waals surface area contributed by atoms with Gasteiger partial charge in [-0.15, -0.1) is 0 Å². The first-order valence-corrected chi connectivity index (χ1v) is 10.7. The Labute approximate surface area is 172 Å². The number of aryl methyl sites for hydroxylation is 1. The van der Waals surface area contributed by atoms with Gasteiger partial charge in [0.05, 0.1) is 18.1 Å². The third-order valence-electron chi connectivity index (χ3n) is 4.64. The molecule has 0 radical (unpaired) electrons. The van der Waals surface area contributed by atoms with Crippen molar-refractivity contribution in [2.75, 3.05) is 11.6 Å².